The van der Waals surface area contributed by atoms with Crippen LogP contribution in [0.3, 0.4) is 0 Å². The predicted molar refractivity (Wildman–Crippen MR) is 101 cm³/mol. The second kappa shape index (κ2) is 8.31. The van der Waals surface area contributed by atoms with E-state index in [9.17, 15) is 9.59 Å². The lowest BCUT2D eigenvalue weighted by atomic mass is 9.79. The number of carbonyl (C=O) groups excluding carboxylic acids is 2. The van der Waals surface area contributed by atoms with Gasteiger partial charge in [-0.3, -0.25) is 14.5 Å². The molecule has 1 aromatic carbocycles. The molecule has 0 aliphatic carbocycles. The minimum Gasteiger partial charge on any atom is -0.384 e. The average molecular weight is 358 g/mol. The van der Waals surface area contributed by atoms with Crippen molar-refractivity contribution in [1.29, 1.82) is 0 Å². The van der Waals surface area contributed by atoms with Crippen molar-refractivity contribution in [1.82, 2.24) is 9.80 Å². The van der Waals surface area contributed by atoms with E-state index < -0.39 is 0 Å². The third kappa shape index (κ3) is 4.51. The van der Waals surface area contributed by atoms with Gasteiger partial charge < -0.3 is 9.64 Å². The number of hydrogen-bond acceptors (Lipinski definition) is 4. The molecule has 1 spiro atoms. The van der Waals surface area contributed by atoms with E-state index in [4.69, 9.17) is 4.74 Å². The van der Waals surface area contributed by atoms with E-state index >= 15 is 0 Å². The Morgan fingerprint density at radius 2 is 1.88 bits per heavy atom. The second-order valence-electron chi connectivity index (χ2n) is 7.88. The van der Waals surface area contributed by atoms with Crippen LogP contribution in [0.2, 0.25) is 0 Å². The third-order valence-electron chi connectivity index (χ3n) is 5.82. The highest BCUT2D eigenvalue weighted by atomic mass is 16.5. The summed E-state index contributed by atoms with van der Waals surface area (Å²) in [4.78, 5) is 28.3. The molecule has 2 aliphatic rings. The summed E-state index contributed by atoms with van der Waals surface area (Å²) in [6.45, 7) is 6.92. The first kappa shape index (κ1) is 19.1. The van der Waals surface area contributed by atoms with E-state index in [2.05, 4.69) is 17.0 Å². The number of methoxy groups -OCH3 is 1. The Morgan fingerprint density at radius 3 is 2.58 bits per heavy atom. The molecule has 0 bridgehead atoms. The van der Waals surface area contributed by atoms with E-state index in [1.54, 1.807) is 14.0 Å². The molecular formula is C21H30N2O3. The van der Waals surface area contributed by atoms with Crippen molar-refractivity contribution in [2.75, 3.05) is 39.9 Å². The Bertz CT molecular complexity index is 643. The summed E-state index contributed by atoms with van der Waals surface area (Å²) in [5.41, 5.74) is 2.26. The average Bonchev–Trinajstić information content (AvgIpc) is 3.01. The summed E-state index contributed by atoms with van der Waals surface area (Å²) in [7, 11) is 1.64. The van der Waals surface area contributed by atoms with Gasteiger partial charge in [-0.15, -0.1) is 0 Å². The fourth-order valence-electron chi connectivity index (χ4n) is 4.37. The molecule has 1 amide bonds. The van der Waals surface area contributed by atoms with Crippen molar-refractivity contribution in [2.45, 2.75) is 39.2 Å². The first-order valence-corrected chi connectivity index (χ1v) is 9.60. The van der Waals surface area contributed by atoms with Gasteiger partial charge in [-0.25, -0.2) is 0 Å². The van der Waals surface area contributed by atoms with Crippen molar-refractivity contribution in [2.24, 2.45) is 5.41 Å². The van der Waals surface area contributed by atoms with Gasteiger partial charge in [0.1, 0.15) is 0 Å². The Kier molecular flexibility index (Phi) is 6.09. The number of amides is 1. The van der Waals surface area contributed by atoms with Crippen LogP contribution < -0.4 is 0 Å². The molecule has 2 fully saturated rings. The van der Waals surface area contributed by atoms with Crippen LogP contribution in [-0.4, -0.2) is 61.4 Å². The summed E-state index contributed by atoms with van der Waals surface area (Å²) in [6, 6.07) is 7.95. The Hall–Kier alpha value is -1.72. The maximum Gasteiger partial charge on any atom is 0.224 e. The smallest absolute Gasteiger partial charge is 0.224 e. The van der Waals surface area contributed by atoms with Gasteiger partial charge >= 0.3 is 0 Å². The summed E-state index contributed by atoms with van der Waals surface area (Å²) < 4.78 is 5.05. The molecule has 2 heterocycles. The summed E-state index contributed by atoms with van der Waals surface area (Å²) >= 11 is 0. The number of likely N-dealkylation sites (tertiary alicyclic amines) is 2. The zero-order valence-corrected chi connectivity index (χ0v) is 16.0. The van der Waals surface area contributed by atoms with Crippen molar-refractivity contribution >= 4 is 11.7 Å². The van der Waals surface area contributed by atoms with Gasteiger partial charge in [0, 0.05) is 44.3 Å². The molecule has 1 aromatic rings. The van der Waals surface area contributed by atoms with E-state index in [1.165, 1.54) is 12.0 Å². The monoisotopic (exact) mass is 358 g/mol. The van der Waals surface area contributed by atoms with Crippen LogP contribution >= 0.6 is 0 Å². The molecule has 0 unspecified atom stereocenters. The van der Waals surface area contributed by atoms with Gasteiger partial charge in [-0.05, 0) is 38.3 Å². The first-order chi connectivity index (χ1) is 12.5. The maximum atomic E-state index is 12.4. The molecule has 0 saturated carbocycles. The van der Waals surface area contributed by atoms with Gasteiger partial charge in [0.2, 0.25) is 5.91 Å². The zero-order valence-electron chi connectivity index (χ0n) is 16.0. The fraction of sp³-hybridized carbons (Fsp3) is 0.619. The van der Waals surface area contributed by atoms with Gasteiger partial charge in [0.25, 0.3) is 0 Å². The molecule has 142 valence electrons. The number of Topliss-reactive ketones (excluding diaryl/α,β-unsaturated/α-hetero) is 1. The predicted octanol–water partition coefficient (Wildman–Crippen LogP) is 2.74. The number of carbonyl (C=O) groups is 2. The van der Waals surface area contributed by atoms with E-state index in [1.807, 2.05) is 17.0 Å². The van der Waals surface area contributed by atoms with Crippen molar-refractivity contribution in [3.63, 3.8) is 0 Å². The third-order valence-corrected chi connectivity index (χ3v) is 5.82. The number of nitrogens with zero attached hydrogens (tertiary/aromatic N) is 2. The number of piperidine rings is 1. The standard InChI is InChI=1S/C21H30N2O3/c1-17(24)19-6-4-18(5-7-19)14-22-12-10-21(15-22)9-3-11-23(16-21)20(25)8-13-26-2/h4-7H,3,8-16H2,1-2H3/t21-/m1/s1. The molecule has 5 nitrogen and oxygen atoms in total. The maximum absolute atomic E-state index is 12.4. The highest BCUT2D eigenvalue weighted by Gasteiger charge is 2.42. The molecule has 5 heteroatoms. The quantitative estimate of drug-likeness (QED) is 0.734. The summed E-state index contributed by atoms with van der Waals surface area (Å²) in [6.07, 6.45) is 3.95. The van der Waals surface area contributed by atoms with Crippen molar-refractivity contribution in [3.05, 3.63) is 35.4 Å². The lowest BCUT2D eigenvalue weighted by Gasteiger charge is -2.40. The second-order valence-corrected chi connectivity index (χ2v) is 7.88. The summed E-state index contributed by atoms with van der Waals surface area (Å²) in [5.74, 6) is 0.335. The molecular weight excluding hydrogens is 328 g/mol. The van der Waals surface area contributed by atoms with Gasteiger partial charge in [0.15, 0.2) is 5.78 Å². The van der Waals surface area contributed by atoms with Crippen molar-refractivity contribution in [3.8, 4) is 0 Å². The molecule has 0 radical (unpaired) electrons. The Labute approximate surface area is 156 Å². The van der Waals surface area contributed by atoms with Crippen LogP contribution in [0.15, 0.2) is 24.3 Å². The lowest BCUT2D eigenvalue weighted by Crippen LogP contribution is -2.47. The topological polar surface area (TPSA) is 49.9 Å². The Balaban J connectivity index is 1.56. The molecule has 2 aliphatic heterocycles. The SMILES string of the molecule is COCCC(=O)N1CCC[C@]2(CCN(Cc3ccc(C(C)=O)cc3)C2)C1. The van der Waals surface area contributed by atoms with E-state index in [0.29, 0.717) is 13.0 Å². The van der Waals surface area contributed by atoms with Crippen LogP contribution in [0.1, 0.15) is 48.5 Å². The van der Waals surface area contributed by atoms with Crippen LogP contribution in [0.25, 0.3) is 0 Å². The number of hydrogen-bond donors (Lipinski definition) is 0. The molecule has 3 rings (SSSR count). The lowest BCUT2D eigenvalue weighted by molar-refractivity contribution is -0.135. The fourth-order valence-corrected chi connectivity index (χ4v) is 4.37. The van der Waals surface area contributed by atoms with Gasteiger partial charge in [-0.1, -0.05) is 24.3 Å². The first-order valence-electron chi connectivity index (χ1n) is 9.60. The van der Waals surface area contributed by atoms with Crippen LogP contribution in [-0.2, 0) is 16.1 Å². The highest BCUT2D eigenvalue weighted by Crippen LogP contribution is 2.39. The molecule has 26 heavy (non-hydrogen) atoms. The molecule has 1 atom stereocenters. The molecule has 0 aromatic heterocycles. The van der Waals surface area contributed by atoms with Crippen LogP contribution in [0.4, 0.5) is 0 Å². The highest BCUT2D eigenvalue weighted by molar-refractivity contribution is 5.94. The number of rotatable bonds is 6. The number of ketones is 1. The minimum absolute atomic E-state index is 0.108. The largest absolute Gasteiger partial charge is 0.384 e. The van der Waals surface area contributed by atoms with E-state index in [0.717, 1.165) is 51.1 Å². The summed E-state index contributed by atoms with van der Waals surface area (Å²) in [5, 5.41) is 0. The van der Waals surface area contributed by atoms with Crippen LogP contribution in [0, 0.1) is 5.41 Å². The molecule has 0 N–H and O–H groups in total. The molecule has 2 saturated heterocycles. The van der Waals surface area contributed by atoms with Crippen molar-refractivity contribution < 1.29 is 14.3 Å². The van der Waals surface area contributed by atoms with Crippen LogP contribution in [0.5, 0.6) is 0 Å². The zero-order chi connectivity index (χ0) is 18.6. The van der Waals surface area contributed by atoms with Gasteiger partial charge in [-0.2, -0.15) is 0 Å². The Morgan fingerprint density at radius 1 is 1.12 bits per heavy atom. The van der Waals surface area contributed by atoms with E-state index in [-0.39, 0.29) is 17.1 Å². The normalized spacial score (nSPS) is 23.5. The minimum atomic E-state index is 0.108. The van der Waals surface area contributed by atoms with Gasteiger partial charge in [0.05, 0.1) is 13.0 Å². The number of benzene rings is 1. The number of ether oxygens (including phenoxy) is 1.